The van der Waals surface area contributed by atoms with Gasteiger partial charge in [0.05, 0.1) is 5.69 Å². The number of carbonyl (C=O) groups is 1. The third-order valence-electron chi connectivity index (χ3n) is 2.39. The van der Waals surface area contributed by atoms with Crippen LogP contribution in [0.5, 0.6) is 5.75 Å². The molecular formula is C10H11ClN2O2. The van der Waals surface area contributed by atoms with E-state index in [2.05, 4.69) is 0 Å². The van der Waals surface area contributed by atoms with Crippen molar-refractivity contribution < 1.29 is 9.53 Å². The van der Waals surface area contributed by atoms with Crippen LogP contribution in [0.15, 0.2) is 12.1 Å². The molecule has 1 aliphatic rings. The Hall–Kier alpha value is -1.42. The molecule has 2 rings (SSSR count). The molecule has 1 aliphatic heterocycles. The van der Waals surface area contributed by atoms with Gasteiger partial charge in [0.25, 0.3) is 5.91 Å². The number of ether oxygens (including phenoxy) is 1. The average molecular weight is 227 g/mol. The molecule has 4 nitrogen and oxygen atoms in total. The fourth-order valence-corrected chi connectivity index (χ4v) is 1.88. The predicted molar refractivity (Wildman–Crippen MR) is 59.4 cm³/mol. The molecule has 1 amide bonds. The van der Waals surface area contributed by atoms with Crippen LogP contribution >= 0.6 is 11.6 Å². The number of rotatable bonds is 0. The summed E-state index contributed by atoms with van der Waals surface area (Å²) in [6, 6.07) is 3.26. The number of nitrogens with two attached hydrogens (primary N) is 1. The lowest BCUT2D eigenvalue weighted by Gasteiger charge is -2.31. The van der Waals surface area contributed by atoms with Crippen LogP contribution in [0.1, 0.15) is 6.92 Å². The average Bonchev–Trinajstić information content (AvgIpc) is 2.13. The molecule has 0 saturated heterocycles. The highest BCUT2D eigenvalue weighted by Gasteiger charge is 2.30. The molecule has 1 heterocycles. The molecular weight excluding hydrogens is 216 g/mol. The highest BCUT2D eigenvalue weighted by molar-refractivity contribution is 6.31. The van der Waals surface area contributed by atoms with Gasteiger partial charge in [-0.1, -0.05) is 11.6 Å². The SMILES string of the molecule is CC1Oc2cc(Cl)cc(N)c2N(C)C1=O. The standard InChI is InChI=1S/C10H11ClN2O2/c1-5-10(14)13(2)9-7(12)3-6(11)4-8(9)15-5/h3-5H,12H2,1-2H3. The van der Waals surface area contributed by atoms with Crippen LogP contribution in [-0.2, 0) is 4.79 Å². The van der Waals surface area contributed by atoms with Gasteiger partial charge in [-0.2, -0.15) is 0 Å². The number of nitrogens with zero attached hydrogens (tertiary/aromatic N) is 1. The summed E-state index contributed by atoms with van der Waals surface area (Å²) in [6.45, 7) is 1.69. The van der Waals surface area contributed by atoms with Gasteiger partial charge in [0.1, 0.15) is 11.4 Å². The van der Waals surface area contributed by atoms with Gasteiger partial charge in [0.15, 0.2) is 6.10 Å². The Bertz CT molecular complexity index is 434. The minimum atomic E-state index is -0.500. The largest absolute Gasteiger partial charge is 0.479 e. The molecule has 1 atom stereocenters. The number of fused-ring (bicyclic) bond motifs is 1. The number of hydrogen-bond acceptors (Lipinski definition) is 3. The molecule has 1 aromatic carbocycles. The number of carbonyl (C=O) groups excluding carboxylic acids is 1. The molecule has 0 spiro atoms. The van der Waals surface area contributed by atoms with Crippen molar-refractivity contribution in [1.29, 1.82) is 0 Å². The minimum absolute atomic E-state index is 0.114. The van der Waals surface area contributed by atoms with Crippen molar-refractivity contribution in [2.75, 3.05) is 17.7 Å². The van der Waals surface area contributed by atoms with Crippen molar-refractivity contribution in [1.82, 2.24) is 0 Å². The molecule has 0 radical (unpaired) electrons. The normalized spacial score (nSPS) is 19.8. The Morgan fingerprint density at radius 1 is 1.53 bits per heavy atom. The molecule has 1 aromatic rings. The maximum atomic E-state index is 11.6. The Kier molecular flexibility index (Phi) is 2.23. The van der Waals surface area contributed by atoms with E-state index in [-0.39, 0.29) is 5.91 Å². The molecule has 0 fully saturated rings. The van der Waals surface area contributed by atoms with E-state index in [0.717, 1.165) is 0 Å². The Morgan fingerprint density at radius 3 is 2.87 bits per heavy atom. The van der Waals surface area contributed by atoms with Crippen molar-refractivity contribution in [2.45, 2.75) is 13.0 Å². The van der Waals surface area contributed by atoms with Crippen LogP contribution in [0.4, 0.5) is 11.4 Å². The molecule has 0 bridgehead atoms. The van der Waals surface area contributed by atoms with E-state index in [1.54, 1.807) is 26.1 Å². The Morgan fingerprint density at radius 2 is 2.20 bits per heavy atom. The Labute approximate surface area is 92.6 Å². The second-order valence-electron chi connectivity index (χ2n) is 3.50. The summed E-state index contributed by atoms with van der Waals surface area (Å²) < 4.78 is 5.42. The van der Waals surface area contributed by atoms with E-state index in [4.69, 9.17) is 22.1 Å². The van der Waals surface area contributed by atoms with Crippen molar-refractivity contribution in [3.05, 3.63) is 17.2 Å². The molecule has 2 N–H and O–H groups in total. The van der Waals surface area contributed by atoms with E-state index in [1.807, 2.05) is 0 Å². The van der Waals surface area contributed by atoms with Crippen molar-refractivity contribution in [2.24, 2.45) is 0 Å². The minimum Gasteiger partial charge on any atom is -0.479 e. The topological polar surface area (TPSA) is 55.6 Å². The van der Waals surface area contributed by atoms with Gasteiger partial charge >= 0.3 is 0 Å². The number of halogens is 1. The summed E-state index contributed by atoms with van der Waals surface area (Å²) in [7, 11) is 1.67. The van der Waals surface area contributed by atoms with Crippen LogP contribution in [0.2, 0.25) is 5.02 Å². The van der Waals surface area contributed by atoms with Gasteiger partial charge in [-0.3, -0.25) is 4.79 Å². The number of likely N-dealkylation sites (N-methyl/N-ethyl adjacent to an activating group) is 1. The quantitative estimate of drug-likeness (QED) is 0.685. The lowest BCUT2D eigenvalue weighted by atomic mass is 10.1. The lowest BCUT2D eigenvalue weighted by Crippen LogP contribution is -2.42. The Balaban J connectivity index is 2.60. The summed E-state index contributed by atoms with van der Waals surface area (Å²) >= 11 is 5.85. The van der Waals surface area contributed by atoms with Crippen LogP contribution in [0.25, 0.3) is 0 Å². The van der Waals surface area contributed by atoms with Gasteiger partial charge in [-0.05, 0) is 13.0 Å². The van der Waals surface area contributed by atoms with Gasteiger partial charge in [-0.25, -0.2) is 0 Å². The van der Waals surface area contributed by atoms with Crippen LogP contribution in [0, 0.1) is 0 Å². The first-order valence-electron chi connectivity index (χ1n) is 4.54. The first kappa shape index (κ1) is 10.1. The second-order valence-corrected chi connectivity index (χ2v) is 3.94. The fourth-order valence-electron chi connectivity index (χ4n) is 1.67. The van der Waals surface area contributed by atoms with Gasteiger partial charge in [0, 0.05) is 18.1 Å². The summed E-state index contributed by atoms with van der Waals surface area (Å²) in [5.74, 6) is 0.436. The van der Waals surface area contributed by atoms with Gasteiger partial charge in [0.2, 0.25) is 0 Å². The van der Waals surface area contributed by atoms with E-state index in [1.165, 1.54) is 4.90 Å². The zero-order chi connectivity index (χ0) is 11.2. The molecule has 5 heteroatoms. The molecule has 0 saturated carbocycles. The highest BCUT2D eigenvalue weighted by Crippen LogP contribution is 2.40. The lowest BCUT2D eigenvalue weighted by molar-refractivity contribution is -0.125. The van der Waals surface area contributed by atoms with Crippen molar-refractivity contribution >= 4 is 28.9 Å². The zero-order valence-electron chi connectivity index (χ0n) is 8.45. The third kappa shape index (κ3) is 1.51. The van der Waals surface area contributed by atoms with Gasteiger partial charge < -0.3 is 15.4 Å². The van der Waals surface area contributed by atoms with E-state index in [9.17, 15) is 4.79 Å². The first-order chi connectivity index (χ1) is 7.00. The number of nitrogen functional groups attached to an aromatic ring is 1. The second kappa shape index (κ2) is 3.31. The summed E-state index contributed by atoms with van der Waals surface area (Å²) in [6.07, 6.45) is -0.500. The zero-order valence-corrected chi connectivity index (χ0v) is 9.21. The van der Waals surface area contributed by atoms with Crippen LogP contribution in [-0.4, -0.2) is 19.1 Å². The maximum Gasteiger partial charge on any atom is 0.267 e. The third-order valence-corrected chi connectivity index (χ3v) is 2.60. The smallest absolute Gasteiger partial charge is 0.267 e. The molecule has 15 heavy (non-hydrogen) atoms. The maximum absolute atomic E-state index is 11.6. The number of anilines is 2. The molecule has 0 aromatic heterocycles. The molecule has 0 aliphatic carbocycles. The van der Waals surface area contributed by atoms with E-state index >= 15 is 0 Å². The van der Waals surface area contributed by atoms with Crippen molar-refractivity contribution in [3.8, 4) is 5.75 Å². The van der Waals surface area contributed by atoms with Crippen molar-refractivity contribution in [3.63, 3.8) is 0 Å². The van der Waals surface area contributed by atoms with Crippen LogP contribution < -0.4 is 15.4 Å². The van der Waals surface area contributed by atoms with E-state index < -0.39 is 6.10 Å². The molecule has 80 valence electrons. The monoisotopic (exact) mass is 226 g/mol. The fraction of sp³-hybridized carbons (Fsp3) is 0.300. The first-order valence-corrected chi connectivity index (χ1v) is 4.91. The highest BCUT2D eigenvalue weighted by atomic mass is 35.5. The van der Waals surface area contributed by atoms with Crippen LogP contribution in [0.3, 0.4) is 0 Å². The summed E-state index contributed by atoms with van der Waals surface area (Å²) in [4.78, 5) is 13.1. The van der Waals surface area contributed by atoms with E-state index in [0.29, 0.717) is 22.1 Å². The summed E-state index contributed by atoms with van der Waals surface area (Å²) in [5.41, 5.74) is 6.81. The van der Waals surface area contributed by atoms with Gasteiger partial charge in [-0.15, -0.1) is 0 Å². The summed E-state index contributed by atoms with van der Waals surface area (Å²) in [5, 5.41) is 0.501. The number of hydrogen-bond donors (Lipinski definition) is 1. The predicted octanol–water partition coefficient (Wildman–Crippen LogP) is 1.67. The molecule has 1 unspecified atom stereocenters. The number of amides is 1. The number of benzene rings is 1.